The summed E-state index contributed by atoms with van der Waals surface area (Å²) in [5.74, 6) is 1.000. The topological polar surface area (TPSA) is 66.4 Å². The summed E-state index contributed by atoms with van der Waals surface area (Å²) >= 11 is 0. The molecule has 0 spiro atoms. The predicted octanol–water partition coefficient (Wildman–Crippen LogP) is 0.769. The van der Waals surface area contributed by atoms with Crippen molar-refractivity contribution in [2.75, 3.05) is 0 Å². The lowest BCUT2D eigenvalue weighted by Gasteiger charge is -2.36. The summed E-state index contributed by atoms with van der Waals surface area (Å²) in [6.45, 7) is 1.77. The highest BCUT2D eigenvalue weighted by molar-refractivity contribution is 6.02. The van der Waals surface area contributed by atoms with Gasteiger partial charge >= 0.3 is 5.97 Å². The van der Waals surface area contributed by atoms with Crippen molar-refractivity contribution in [2.45, 2.75) is 38.6 Å². The molecule has 1 rings (SSSR count). The second kappa shape index (κ2) is 4.35. The summed E-state index contributed by atoms with van der Waals surface area (Å²) in [6.07, 6.45) is 7.17. The normalized spacial score (nSPS) is 19.5. The van der Waals surface area contributed by atoms with Gasteiger partial charge in [-0.1, -0.05) is 6.42 Å². The Kier molecular flexibility index (Phi) is 3.35. The number of rotatable bonds is 4. The predicted molar refractivity (Wildman–Crippen MR) is 55.0 cm³/mol. The molecular formula is C11H15NO3. The standard InChI is InChI=1S/C11H15NO3/c1-3-5-8(2)12-9(13)11(10(14)15)6-4-7-11/h1,8H,4-7H2,2H3,(H,12,13)(H,14,15). The van der Waals surface area contributed by atoms with E-state index >= 15 is 0 Å². The van der Waals surface area contributed by atoms with Gasteiger partial charge in [0, 0.05) is 12.5 Å². The fourth-order valence-corrected chi connectivity index (χ4v) is 1.66. The van der Waals surface area contributed by atoms with Gasteiger partial charge in [0.1, 0.15) is 5.41 Å². The molecule has 1 aliphatic rings. The van der Waals surface area contributed by atoms with E-state index in [0.717, 1.165) is 6.42 Å². The molecule has 1 unspecified atom stereocenters. The number of terminal acetylenes is 1. The van der Waals surface area contributed by atoms with E-state index in [4.69, 9.17) is 11.5 Å². The Bertz CT molecular complexity index is 312. The molecule has 1 saturated carbocycles. The quantitative estimate of drug-likeness (QED) is 0.531. The zero-order valence-corrected chi connectivity index (χ0v) is 8.75. The van der Waals surface area contributed by atoms with Gasteiger partial charge in [-0.2, -0.15) is 0 Å². The Morgan fingerprint density at radius 2 is 2.20 bits per heavy atom. The molecule has 0 aromatic rings. The summed E-state index contributed by atoms with van der Waals surface area (Å²) in [5, 5.41) is 11.6. The molecule has 0 saturated heterocycles. The Labute approximate surface area is 89.0 Å². The van der Waals surface area contributed by atoms with Crippen LogP contribution < -0.4 is 5.32 Å². The minimum Gasteiger partial charge on any atom is -0.480 e. The number of hydrogen-bond acceptors (Lipinski definition) is 2. The molecule has 4 nitrogen and oxygen atoms in total. The van der Waals surface area contributed by atoms with Crippen LogP contribution in [0.2, 0.25) is 0 Å². The van der Waals surface area contributed by atoms with Gasteiger partial charge < -0.3 is 10.4 Å². The van der Waals surface area contributed by atoms with Crippen molar-refractivity contribution in [3.63, 3.8) is 0 Å². The summed E-state index contributed by atoms with van der Waals surface area (Å²) in [6, 6.07) is -0.167. The molecule has 1 atom stereocenters. The third kappa shape index (κ3) is 2.12. The number of carbonyl (C=O) groups is 2. The minimum absolute atomic E-state index is 0.167. The molecule has 4 heteroatoms. The van der Waals surface area contributed by atoms with Gasteiger partial charge in [0.05, 0.1) is 0 Å². The molecule has 1 aliphatic carbocycles. The second-order valence-corrected chi connectivity index (χ2v) is 4.02. The SMILES string of the molecule is C#CCC(C)NC(=O)C1(C(=O)O)CCC1. The van der Waals surface area contributed by atoms with Crippen LogP contribution in [0.4, 0.5) is 0 Å². The van der Waals surface area contributed by atoms with Gasteiger partial charge in [-0.25, -0.2) is 0 Å². The van der Waals surface area contributed by atoms with Crippen LogP contribution in [0, 0.1) is 17.8 Å². The van der Waals surface area contributed by atoms with E-state index < -0.39 is 17.3 Å². The molecule has 0 aromatic heterocycles. The molecular weight excluding hydrogens is 194 g/mol. The highest BCUT2D eigenvalue weighted by Crippen LogP contribution is 2.41. The lowest BCUT2D eigenvalue weighted by Crippen LogP contribution is -2.52. The highest BCUT2D eigenvalue weighted by atomic mass is 16.4. The molecule has 0 bridgehead atoms. The molecule has 15 heavy (non-hydrogen) atoms. The van der Waals surface area contributed by atoms with Crippen molar-refractivity contribution in [3.05, 3.63) is 0 Å². The van der Waals surface area contributed by atoms with E-state index in [1.165, 1.54) is 0 Å². The van der Waals surface area contributed by atoms with Crippen LogP contribution in [0.3, 0.4) is 0 Å². The van der Waals surface area contributed by atoms with Crippen LogP contribution >= 0.6 is 0 Å². The minimum atomic E-state index is -1.19. The van der Waals surface area contributed by atoms with Crippen molar-refractivity contribution >= 4 is 11.9 Å². The van der Waals surface area contributed by atoms with Gasteiger partial charge in [-0.15, -0.1) is 12.3 Å². The molecule has 1 amide bonds. The van der Waals surface area contributed by atoms with Gasteiger partial charge in [-0.05, 0) is 19.8 Å². The number of aliphatic carboxylic acids is 1. The van der Waals surface area contributed by atoms with E-state index in [-0.39, 0.29) is 6.04 Å². The second-order valence-electron chi connectivity index (χ2n) is 4.02. The number of carbonyl (C=O) groups excluding carboxylic acids is 1. The van der Waals surface area contributed by atoms with E-state index in [0.29, 0.717) is 19.3 Å². The van der Waals surface area contributed by atoms with E-state index in [1.807, 2.05) is 0 Å². The lowest BCUT2D eigenvalue weighted by atomic mass is 9.68. The lowest BCUT2D eigenvalue weighted by molar-refractivity contribution is -0.162. The molecule has 1 fully saturated rings. The van der Waals surface area contributed by atoms with Gasteiger partial charge in [0.15, 0.2) is 0 Å². The van der Waals surface area contributed by atoms with Crippen LogP contribution in [0.5, 0.6) is 0 Å². The van der Waals surface area contributed by atoms with Crippen LogP contribution in [-0.4, -0.2) is 23.0 Å². The number of carboxylic acids is 1. The Balaban J connectivity index is 2.60. The molecule has 0 aliphatic heterocycles. The first-order valence-corrected chi connectivity index (χ1v) is 5.01. The third-order valence-corrected chi connectivity index (χ3v) is 2.85. The maximum Gasteiger partial charge on any atom is 0.319 e. The van der Waals surface area contributed by atoms with Gasteiger partial charge in [-0.3, -0.25) is 9.59 Å². The molecule has 0 heterocycles. The van der Waals surface area contributed by atoms with Gasteiger partial charge in [0.2, 0.25) is 5.91 Å². The number of nitrogens with one attached hydrogen (secondary N) is 1. The maximum atomic E-state index is 11.7. The van der Waals surface area contributed by atoms with Crippen LogP contribution in [0.25, 0.3) is 0 Å². The smallest absolute Gasteiger partial charge is 0.319 e. The largest absolute Gasteiger partial charge is 0.480 e. The Morgan fingerprint density at radius 3 is 2.53 bits per heavy atom. The van der Waals surface area contributed by atoms with E-state index in [2.05, 4.69) is 11.2 Å². The average Bonchev–Trinajstić information content (AvgIpc) is 2.00. The molecule has 2 N–H and O–H groups in total. The van der Waals surface area contributed by atoms with E-state index in [1.54, 1.807) is 6.92 Å². The summed E-state index contributed by atoms with van der Waals surface area (Å²) in [5.41, 5.74) is -1.19. The van der Waals surface area contributed by atoms with Crippen molar-refractivity contribution in [2.24, 2.45) is 5.41 Å². The van der Waals surface area contributed by atoms with Crippen molar-refractivity contribution in [3.8, 4) is 12.3 Å². The first-order valence-electron chi connectivity index (χ1n) is 5.01. The fourth-order valence-electron chi connectivity index (χ4n) is 1.66. The van der Waals surface area contributed by atoms with E-state index in [9.17, 15) is 9.59 Å². The maximum absolute atomic E-state index is 11.7. The van der Waals surface area contributed by atoms with Crippen LogP contribution in [0.1, 0.15) is 32.6 Å². The summed E-state index contributed by atoms with van der Waals surface area (Å²) in [4.78, 5) is 22.7. The number of carboxylic acid groups (broad SMARTS) is 1. The first-order chi connectivity index (χ1) is 7.03. The van der Waals surface area contributed by atoms with Crippen molar-refractivity contribution in [1.29, 1.82) is 0 Å². The zero-order valence-electron chi connectivity index (χ0n) is 8.75. The molecule has 0 aromatic carbocycles. The highest BCUT2D eigenvalue weighted by Gasteiger charge is 2.51. The van der Waals surface area contributed by atoms with Gasteiger partial charge in [0.25, 0.3) is 0 Å². The Hall–Kier alpha value is -1.50. The van der Waals surface area contributed by atoms with Crippen LogP contribution in [0.15, 0.2) is 0 Å². The van der Waals surface area contributed by atoms with Crippen molar-refractivity contribution < 1.29 is 14.7 Å². The summed E-state index contributed by atoms with van der Waals surface area (Å²) in [7, 11) is 0. The first kappa shape index (κ1) is 11.6. The fraction of sp³-hybridized carbons (Fsp3) is 0.636. The number of amides is 1. The number of hydrogen-bond donors (Lipinski definition) is 2. The molecule has 82 valence electrons. The Morgan fingerprint density at radius 1 is 1.60 bits per heavy atom. The monoisotopic (exact) mass is 209 g/mol. The summed E-state index contributed by atoms with van der Waals surface area (Å²) < 4.78 is 0. The van der Waals surface area contributed by atoms with Crippen LogP contribution in [-0.2, 0) is 9.59 Å². The zero-order chi connectivity index (χ0) is 11.5. The molecule has 0 radical (unpaired) electrons. The third-order valence-electron chi connectivity index (χ3n) is 2.85. The van der Waals surface area contributed by atoms with Crippen molar-refractivity contribution in [1.82, 2.24) is 5.32 Å². The average molecular weight is 209 g/mol.